The fourth-order valence-corrected chi connectivity index (χ4v) is 3.55. The lowest BCUT2D eigenvalue weighted by atomic mass is 9.84. The highest BCUT2D eigenvalue weighted by molar-refractivity contribution is 5.76. The monoisotopic (exact) mass is 297 g/mol. The number of nitrogens with zero attached hydrogens (tertiary/aromatic N) is 2. The summed E-state index contributed by atoms with van der Waals surface area (Å²) in [7, 11) is 3.83. The number of carbonyl (C=O) groups excluding carboxylic acids is 1. The van der Waals surface area contributed by atoms with Crippen molar-refractivity contribution in [2.75, 3.05) is 53.5 Å². The molecule has 1 amide bonds. The molecule has 5 nitrogen and oxygen atoms in total. The maximum atomic E-state index is 11.9. The summed E-state index contributed by atoms with van der Waals surface area (Å²) in [5, 5.41) is 3.16. The molecule has 21 heavy (non-hydrogen) atoms. The van der Waals surface area contributed by atoms with E-state index in [9.17, 15) is 4.79 Å². The average Bonchev–Trinajstić information content (AvgIpc) is 2.53. The average molecular weight is 297 g/mol. The number of hydrogen-bond donors (Lipinski definition) is 1. The van der Waals surface area contributed by atoms with Crippen molar-refractivity contribution in [1.82, 2.24) is 15.1 Å². The van der Waals surface area contributed by atoms with Gasteiger partial charge in [-0.3, -0.25) is 9.69 Å². The molecule has 0 aromatic heterocycles. The minimum Gasteiger partial charge on any atom is -0.384 e. The van der Waals surface area contributed by atoms with Gasteiger partial charge in [0, 0.05) is 25.6 Å². The van der Waals surface area contributed by atoms with Gasteiger partial charge in [0.1, 0.15) is 0 Å². The molecular weight excluding hydrogens is 266 g/mol. The quantitative estimate of drug-likeness (QED) is 0.797. The minimum atomic E-state index is 0.118. The summed E-state index contributed by atoms with van der Waals surface area (Å²) in [5.41, 5.74) is 0.176. The Bertz CT molecular complexity index is 321. The molecule has 122 valence electrons. The normalized spacial score (nSPS) is 23.9. The summed E-state index contributed by atoms with van der Waals surface area (Å²) in [6.07, 6.45) is 6.74. The van der Waals surface area contributed by atoms with Crippen molar-refractivity contribution in [3.8, 4) is 0 Å². The van der Waals surface area contributed by atoms with E-state index in [0.717, 1.165) is 32.5 Å². The molecule has 2 saturated heterocycles. The summed E-state index contributed by atoms with van der Waals surface area (Å²) >= 11 is 0. The van der Waals surface area contributed by atoms with Crippen molar-refractivity contribution in [2.24, 2.45) is 0 Å². The van der Waals surface area contributed by atoms with E-state index in [1.165, 1.54) is 32.4 Å². The number of likely N-dealkylation sites (tertiary alicyclic amines) is 2. The number of methoxy groups -OCH3 is 1. The molecule has 2 heterocycles. The second-order valence-electron chi connectivity index (χ2n) is 6.59. The zero-order chi connectivity index (χ0) is 15.1. The fraction of sp³-hybridized carbons (Fsp3) is 0.938. The first kappa shape index (κ1) is 16.7. The molecule has 1 N–H and O–H groups in total. The first-order valence-electron chi connectivity index (χ1n) is 8.35. The topological polar surface area (TPSA) is 44.8 Å². The lowest BCUT2D eigenvalue weighted by Crippen LogP contribution is -2.61. The van der Waals surface area contributed by atoms with Crippen molar-refractivity contribution >= 4 is 5.91 Å². The minimum absolute atomic E-state index is 0.118. The molecule has 2 aliphatic heterocycles. The molecule has 0 spiro atoms. The van der Waals surface area contributed by atoms with Crippen molar-refractivity contribution in [2.45, 2.75) is 44.1 Å². The number of amides is 1. The van der Waals surface area contributed by atoms with E-state index < -0.39 is 0 Å². The highest BCUT2D eigenvalue weighted by Gasteiger charge is 2.39. The second-order valence-corrected chi connectivity index (χ2v) is 6.59. The third-order valence-electron chi connectivity index (χ3n) is 5.09. The maximum Gasteiger partial charge on any atom is 0.222 e. The van der Waals surface area contributed by atoms with Crippen molar-refractivity contribution in [3.05, 3.63) is 0 Å². The molecule has 2 aliphatic rings. The number of hydrogen-bond acceptors (Lipinski definition) is 4. The standard InChI is InChI=1S/C16H31N3O2/c1-18-11-7-16(8-12-18,19-9-4-3-5-10-19)14-17-15(20)6-13-21-2/h3-14H2,1-2H3,(H,17,20). The first-order valence-corrected chi connectivity index (χ1v) is 8.35. The van der Waals surface area contributed by atoms with Gasteiger partial charge in [-0.1, -0.05) is 6.42 Å². The second kappa shape index (κ2) is 8.11. The van der Waals surface area contributed by atoms with Crippen LogP contribution in [0.15, 0.2) is 0 Å². The summed E-state index contributed by atoms with van der Waals surface area (Å²) in [4.78, 5) is 17.0. The molecule has 5 heteroatoms. The van der Waals surface area contributed by atoms with Crippen LogP contribution in [0.4, 0.5) is 0 Å². The predicted octanol–water partition coefficient (Wildman–Crippen LogP) is 1.09. The Kier molecular flexibility index (Phi) is 6.45. The van der Waals surface area contributed by atoms with Crippen molar-refractivity contribution in [1.29, 1.82) is 0 Å². The van der Waals surface area contributed by atoms with Crippen LogP contribution < -0.4 is 5.32 Å². The molecular formula is C16H31N3O2. The molecule has 0 atom stereocenters. The highest BCUT2D eigenvalue weighted by atomic mass is 16.5. The van der Waals surface area contributed by atoms with Crippen LogP contribution in [0.25, 0.3) is 0 Å². The molecule has 2 fully saturated rings. The van der Waals surface area contributed by atoms with Gasteiger partial charge in [-0.2, -0.15) is 0 Å². The molecule has 0 bridgehead atoms. The van der Waals surface area contributed by atoms with Gasteiger partial charge in [-0.05, 0) is 58.9 Å². The van der Waals surface area contributed by atoms with E-state index in [0.29, 0.717) is 13.0 Å². The van der Waals surface area contributed by atoms with Crippen LogP contribution in [-0.2, 0) is 9.53 Å². The van der Waals surface area contributed by atoms with Gasteiger partial charge in [-0.25, -0.2) is 0 Å². The summed E-state index contributed by atoms with van der Waals surface area (Å²) < 4.78 is 4.98. The van der Waals surface area contributed by atoms with E-state index >= 15 is 0 Å². The molecule has 0 saturated carbocycles. The van der Waals surface area contributed by atoms with Crippen LogP contribution in [0.2, 0.25) is 0 Å². The third kappa shape index (κ3) is 4.66. The Morgan fingerprint density at radius 1 is 1.14 bits per heavy atom. The van der Waals surface area contributed by atoms with Gasteiger partial charge in [0.2, 0.25) is 5.91 Å². The molecule has 0 aliphatic carbocycles. The van der Waals surface area contributed by atoms with Gasteiger partial charge in [0.05, 0.1) is 6.61 Å². The van der Waals surface area contributed by atoms with E-state index in [4.69, 9.17) is 4.74 Å². The molecule has 0 radical (unpaired) electrons. The highest BCUT2D eigenvalue weighted by Crippen LogP contribution is 2.30. The van der Waals surface area contributed by atoms with E-state index in [1.54, 1.807) is 7.11 Å². The Balaban J connectivity index is 1.93. The molecule has 0 unspecified atom stereocenters. The van der Waals surface area contributed by atoms with Crippen molar-refractivity contribution < 1.29 is 9.53 Å². The SMILES string of the molecule is COCCC(=O)NCC1(N2CCCCC2)CCN(C)CC1. The Morgan fingerprint density at radius 2 is 1.81 bits per heavy atom. The Labute approximate surface area is 129 Å². The van der Waals surface area contributed by atoms with Crippen LogP contribution in [0.5, 0.6) is 0 Å². The first-order chi connectivity index (χ1) is 10.2. The Morgan fingerprint density at radius 3 is 2.43 bits per heavy atom. The van der Waals surface area contributed by atoms with Crippen molar-refractivity contribution in [3.63, 3.8) is 0 Å². The van der Waals surface area contributed by atoms with Crippen LogP contribution >= 0.6 is 0 Å². The molecule has 0 aromatic carbocycles. The van der Waals surface area contributed by atoms with E-state index in [1.807, 2.05) is 0 Å². The third-order valence-corrected chi connectivity index (χ3v) is 5.09. The number of carbonyl (C=O) groups is 1. The summed E-state index contributed by atoms with van der Waals surface area (Å²) in [6, 6.07) is 0. The van der Waals surface area contributed by atoms with Gasteiger partial charge < -0.3 is 15.0 Å². The fourth-order valence-electron chi connectivity index (χ4n) is 3.55. The van der Waals surface area contributed by atoms with Gasteiger partial charge in [0.25, 0.3) is 0 Å². The number of piperidine rings is 2. The van der Waals surface area contributed by atoms with Crippen LogP contribution in [0.1, 0.15) is 38.5 Å². The lowest BCUT2D eigenvalue weighted by Gasteiger charge is -2.50. The number of rotatable bonds is 6. The van der Waals surface area contributed by atoms with Gasteiger partial charge in [0.15, 0.2) is 0 Å². The number of ether oxygens (including phenoxy) is 1. The van der Waals surface area contributed by atoms with E-state index in [-0.39, 0.29) is 11.4 Å². The van der Waals surface area contributed by atoms with Gasteiger partial charge in [-0.15, -0.1) is 0 Å². The van der Waals surface area contributed by atoms with Gasteiger partial charge >= 0.3 is 0 Å². The maximum absolute atomic E-state index is 11.9. The largest absolute Gasteiger partial charge is 0.384 e. The summed E-state index contributed by atoms with van der Waals surface area (Å²) in [6.45, 7) is 5.94. The Hall–Kier alpha value is -0.650. The van der Waals surface area contributed by atoms with Crippen LogP contribution in [0, 0.1) is 0 Å². The predicted molar refractivity (Wildman–Crippen MR) is 84.4 cm³/mol. The van der Waals surface area contributed by atoms with E-state index in [2.05, 4.69) is 22.2 Å². The smallest absolute Gasteiger partial charge is 0.222 e. The number of nitrogens with one attached hydrogen (secondary N) is 1. The zero-order valence-electron chi connectivity index (χ0n) is 13.7. The molecule has 0 aromatic rings. The lowest BCUT2D eigenvalue weighted by molar-refractivity contribution is -0.123. The van der Waals surface area contributed by atoms with Crippen LogP contribution in [-0.4, -0.2) is 74.7 Å². The molecule has 2 rings (SSSR count). The van der Waals surface area contributed by atoms with Crippen LogP contribution in [0.3, 0.4) is 0 Å². The zero-order valence-corrected chi connectivity index (χ0v) is 13.7. The summed E-state index contributed by atoms with van der Waals surface area (Å²) in [5.74, 6) is 0.118.